The number of H-pyrrole nitrogens is 1. The molecule has 112 valence electrons. The lowest BCUT2D eigenvalue weighted by molar-refractivity contribution is 0.154. The van der Waals surface area contributed by atoms with Crippen molar-refractivity contribution in [3.63, 3.8) is 0 Å². The van der Waals surface area contributed by atoms with Crippen LogP contribution in [0.1, 0.15) is 36.6 Å². The van der Waals surface area contributed by atoms with Crippen LogP contribution in [0.5, 0.6) is 0 Å². The van der Waals surface area contributed by atoms with E-state index in [1.807, 2.05) is 0 Å². The van der Waals surface area contributed by atoms with Gasteiger partial charge < -0.3 is 4.98 Å². The van der Waals surface area contributed by atoms with Crippen LogP contribution < -0.4 is 4.87 Å². The van der Waals surface area contributed by atoms with Crippen molar-refractivity contribution in [3.05, 3.63) is 44.4 Å². The molecule has 3 rings (SSSR count). The molecule has 2 heterocycles. The molecule has 1 aliphatic rings. The van der Waals surface area contributed by atoms with Gasteiger partial charge in [0.05, 0.1) is 5.69 Å². The number of nitrogens with zero attached hydrogens (tertiary/aromatic N) is 1. The van der Waals surface area contributed by atoms with Crippen LogP contribution in [-0.4, -0.2) is 22.5 Å². The maximum Gasteiger partial charge on any atom is 0.305 e. The van der Waals surface area contributed by atoms with E-state index >= 15 is 0 Å². The standard InChI is InChI=1S/C17H22N2OS/c1-12-6-8-14(9-7-12)16-15(21-17(20)18-16)11-19-10-4-3-5-13(19)2/h6-9,13H,3-5,10-11H2,1-2H3,(H,18,20). The fourth-order valence-corrected chi connectivity index (χ4v) is 3.88. The number of piperidine rings is 1. The van der Waals surface area contributed by atoms with E-state index in [1.54, 1.807) is 0 Å². The molecule has 1 atom stereocenters. The van der Waals surface area contributed by atoms with E-state index in [9.17, 15) is 4.79 Å². The first kappa shape index (κ1) is 14.5. The van der Waals surface area contributed by atoms with E-state index in [1.165, 1.54) is 36.2 Å². The van der Waals surface area contributed by atoms with Gasteiger partial charge in [-0.15, -0.1) is 0 Å². The smallest absolute Gasteiger partial charge is 0.305 e. The molecule has 21 heavy (non-hydrogen) atoms. The van der Waals surface area contributed by atoms with Gasteiger partial charge in [0.1, 0.15) is 0 Å². The lowest BCUT2D eigenvalue weighted by Gasteiger charge is -2.33. The Kier molecular flexibility index (Phi) is 4.27. The average Bonchev–Trinajstić information content (AvgIpc) is 2.83. The average molecular weight is 302 g/mol. The van der Waals surface area contributed by atoms with Crippen molar-refractivity contribution in [3.8, 4) is 11.3 Å². The number of rotatable bonds is 3. The Hall–Kier alpha value is -1.39. The van der Waals surface area contributed by atoms with Crippen LogP contribution in [0.3, 0.4) is 0 Å². The van der Waals surface area contributed by atoms with E-state index in [2.05, 4.69) is 48.0 Å². The molecule has 0 spiro atoms. The molecular weight excluding hydrogens is 280 g/mol. The molecule has 0 saturated carbocycles. The van der Waals surface area contributed by atoms with Crippen molar-refractivity contribution in [1.82, 2.24) is 9.88 Å². The van der Waals surface area contributed by atoms with E-state index in [0.717, 1.165) is 29.2 Å². The molecule has 1 aromatic carbocycles. The predicted molar refractivity (Wildman–Crippen MR) is 88.8 cm³/mol. The van der Waals surface area contributed by atoms with Gasteiger partial charge in [0.15, 0.2) is 0 Å². The highest BCUT2D eigenvalue weighted by Crippen LogP contribution is 2.27. The lowest BCUT2D eigenvalue weighted by Crippen LogP contribution is -2.36. The third kappa shape index (κ3) is 3.27. The number of nitrogens with one attached hydrogen (secondary N) is 1. The maximum atomic E-state index is 11.8. The van der Waals surface area contributed by atoms with Crippen molar-refractivity contribution >= 4 is 11.3 Å². The Bertz CT molecular complexity index is 656. The summed E-state index contributed by atoms with van der Waals surface area (Å²) in [7, 11) is 0. The zero-order valence-corrected chi connectivity index (χ0v) is 13.5. The molecule has 1 fully saturated rings. The lowest BCUT2D eigenvalue weighted by atomic mass is 10.0. The van der Waals surface area contributed by atoms with Gasteiger partial charge in [-0.05, 0) is 38.8 Å². The molecular formula is C17H22N2OS. The second-order valence-corrected chi connectivity index (χ2v) is 7.06. The molecule has 1 aliphatic heterocycles. The minimum atomic E-state index is 0.0465. The summed E-state index contributed by atoms with van der Waals surface area (Å²) in [5, 5.41) is 0. The molecule has 3 nitrogen and oxygen atoms in total. The maximum absolute atomic E-state index is 11.8. The molecule has 1 saturated heterocycles. The van der Waals surface area contributed by atoms with E-state index in [-0.39, 0.29) is 4.87 Å². The summed E-state index contributed by atoms with van der Waals surface area (Å²) in [5.74, 6) is 0. The minimum absolute atomic E-state index is 0.0465. The Morgan fingerprint density at radius 1 is 1.29 bits per heavy atom. The monoisotopic (exact) mass is 302 g/mol. The molecule has 0 amide bonds. The van der Waals surface area contributed by atoms with Crippen LogP contribution in [0.4, 0.5) is 0 Å². The van der Waals surface area contributed by atoms with Crippen LogP contribution in [-0.2, 0) is 6.54 Å². The van der Waals surface area contributed by atoms with Crippen LogP contribution in [0.15, 0.2) is 29.1 Å². The number of hydrogen-bond acceptors (Lipinski definition) is 3. The van der Waals surface area contributed by atoms with Gasteiger partial charge >= 0.3 is 4.87 Å². The first-order valence-corrected chi connectivity index (χ1v) is 8.48. The SMILES string of the molecule is Cc1ccc(-c2[nH]c(=O)sc2CN2CCCCC2C)cc1. The van der Waals surface area contributed by atoms with E-state index in [4.69, 9.17) is 0 Å². The number of aryl methyl sites for hydroxylation is 1. The van der Waals surface area contributed by atoms with Crippen LogP contribution >= 0.6 is 11.3 Å². The predicted octanol–water partition coefficient (Wildman–Crippen LogP) is 3.79. The van der Waals surface area contributed by atoms with Gasteiger partial charge in [0, 0.05) is 17.5 Å². The molecule has 1 N–H and O–H groups in total. The number of likely N-dealkylation sites (tertiary alicyclic amines) is 1. The highest BCUT2D eigenvalue weighted by atomic mass is 32.1. The van der Waals surface area contributed by atoms with Gasteiger partial charge in [-0.2, -0.15) is 0 Å². The number of aromatic amines is 1. The van der Waals surface area contributed by atoms with Crippen LogP contribution in [0.25, 0.3) is 11.3 Å². The quantitative estimate of drug-likeness (QED) is 0.936. The summed E-state index contributed by atoms with van der Waals surface area (Å²) < 4.78 is 0. The first-order valence-electron chi connectivity index (χ1n) is 7.66. The van der Waals surface area contributed by atoms with Gasteiger partial charge in [0.2, 0.25) is 0 Å². The normalized spacial score (nSPS) is 19.8. The molecule has 1 aromatic heterocycles. The van der Waals surface area contributed by atoms with Crippen LogP contribution in [0.2, 0.25) is 0 Å². The fourth-order valence-electron chi connectivity index (χ4n) is 3.00. The van der Waals surface area contributed by atoms with Crippen molar-refractivity contribution in [2.75, 3.05) is 6.54 Å². The second-order valence-electron chi connectivity index (χ2n) is 5.99. The number of thiazole rings is 1. The number of hydrogen-bond donors (Lipinski definition) is 1. The van der Waals surface area contributed by atoms with Crippen molar-refractivity contribution in [2.24, 2.45) is 0 Å². The Morgan fingerprint density at radius 2 is 2.05 bits per heavy atom. The molecule has 4 heteroatoms. The fraction of sp³-hybridized carbons (Fsp3) is 0.471. The highest BCUT2D eigenvalue weighted by Gasteiger charge is 2.21. The summed E-state index contributed by atoms with van der Waals surface area (Å²) in [6.45, 7) is 6.39. The number of aromatic nitrogens is 1. The molecule has 2 aromatic rings. The van der Waals surface area contributed by atoms with Crippen molar-refractivity contribution in [2.45, 2.75) is 45.7 Å². The summed E-state index contributed by atoms with van der Waals surface area (Å²) in [4.78, 5) is 18.6. The van der Waals surface area contributed by atoms with Gasteiger partial charge in [-0.1, -0.05) is 47.6 Å². The zero-order chi connectivity index (χ0) is 14.8. The Morgan fingerprint density at radius 3 is 2.76 bits per heavy atom. The molecule has 0 bridgehead atoms. The van der Waals surface area contributed by atoms with E-state index < -0.39 is 0 Å². The Labute approximate surface area is 129 Å². The van der Waals surface area contributed by atoms with E-state index in [0.29, 0.717) is 6.04 Å². The van der Waals surface area contributed by atoms with Gasteiger partial charge in [0.25, 0.3) is 0 Å². The van der Waals surface area contributed by atoms with Gasteiger partial charge in [-0.25, -0.2) is 0 Å². The third-order valence-electron chi connectivity index (χ3n) is 4.35. The summed E-state index contributed by atoms with van der Waals surface area (Å²) in [5.41, 5.74) is 3.35. The third-order valence-corrected chi connectivity index (χ3v) is 5.22. The van der Waals surface area contributed by atoms with Gasteiger partial charge in [-0.3, -0.25) is 9.69 Å². The number of benzene rings is 1. The highest BCUT2D eigenvalue weighted by molar-refractivity contribution is 7.09. The topological polar surface area (TPSA) is 36.1 Å². The zero-order valence-electron chi connectivity index (χ0n) is 12.7. The molecule has 0 radical (unpaired) electrons. The second kappa shape index (κ2) is 6.16. The minimum Gasteiger partial charge on any atom is -0.312 e. The van der Waals surface area contributed by atoms with Crippen molar-refractivity contribution < 1.29 is 0 Å². The van der Waals surface area contributed by atoms with Crippen molar-refractivity contribution in [1.29, 1.82) is 0 Å². The largest absolute Gasteiger partial charge is 0.312 e. The summed E-state index contributed by atoms with van der Waals surface area (Å²) in [6, 6.07) is 8.99. The van der Waals surface area contributed by atoms with Crippen LogP contribution in [0, 0.1) is 6.92 Å². The Balaban J connectivity index is 1.88. The first-order chi connectivity index (χ1) is 10.1. The molecule has 1 unspecified atom stereocenters. The summed E-state index contributed by atoms with van der Waals surface area (Å²) >= 11 is 1.36. The summed E-state index contributed by atoms with van der Waals surface area (Å²) in [6.07, 6.45) is 3.86. The molecule has 0 aliphatic carbocycles.